The van der Waals surface area contributed by atoms with Crippen molar-refractivity contribution in [3.63, 3.8) is 0 Å². The molecule has 0 saturated heterocycles. The number of para-hydroxylation sites is 3. The molecule has 2 aromatic carbocycles. The van der Waals surface area contributed by atoms with Crippen molar-refractivity contribution in [3.8, 4) is 11.4 Å². The average Bonchev–Trinajstić information content (AvgIpc) is 3.30. The SMILES string of the molecule is COc1ccccc1-n1nnnc1S[C@H](C)C(=O)c1c(C)[nH]c2ccccc12. The van der Waals surface area contributed by atoms with E-state index in [0.29, 0.717) is 16.5 Å². The molecule has 0 fully saturated rings. The van der Waals surface area contributed by atoms with Gasteiger partial charge in [0.2, 0.25) is 5.16 Å². The molecule has 1 N–H and O–H groups in total. The van der Waals surface area contributed by atoms with Gasteiger partial charge in [-0.2, -0.15) is 4.68 Å². The molecule has 0 aliphatic carbocycles. The molecule has 0 amide bonds. The minimum absolute atomic E-state index is 0.0366. The molecule has 0 spiro atoms. The van der Waals surface area contributed by atoms with Crippen LogP contribution in [0.3, 0.4) is 0 Å². The van der Waals surface area contributed by atoms with Crippen LogP contribution in [0.5, 0.6) is 5.75 Å². The molecule has 4 aromatic rings. The molecule has 0 unspecified atom stereocenters. The Hall–Kier alpha value is -3.13. The predicted octanol–water partition coefficient (Wildman–Crippen LogP) is 3.82. The van der Waals surface area contributed by atoms with Gasteiger partial charge in [-0.25, -0.2) is 0 Å². The molecule has 0 aliphatic heterocycles. The Morgan fingerprint density at radius 1 is 1.18 bits per heavy atom. The summed E-state index contributed by atoms with van der Waals surface area (Å²) in [6.45, 7) is 3.79. The summed E-state index contributed by atoms with van der Waals surface area (Å²) in [5.41, 5.74) is 3.26. The van der Waals surface area contributed by atoms with Gasteiger partial charge in [-0.15, -0.1) is 5.10 Å². The second-order valence-electron chi connectivity index (χ2n) is 6.34. The fraction of sp³-hybridized carbons (Fsp3) is 0.200. The van der Waals surface area contributed by atoms with Gasteiger partial charge in [0.05, 0.1) is 12.4 Å². The van der Waals surface area contributed by atoms with E-state index in [4.69, 9.17) is 4.74 Å². The highest BCUT2D eigenvalue weighted by Crippen LogP contribution is 2.31. The number of fused-ring (bicyclic) bond motifs is 1. The van der Waals surface area contributed by atoms with E-state index in [0.717, 1.165) is 22.3 Å². The van der Waals surface area contributed by atoms with Gasteiger partial charge in [-0.3, -0.25) is 4.79 Å². The maximum atomic E-state index is 13.2. The molecule has 28 heavy (non-hydrogen) atoms. The minimum Gasteiger partial charge on any atom is -0.494 e. The summed E-state index contributed by atoms with van der Waals surface area (Å²) in [5, 5.41) is 13.1. The van der Waals surface area contributed by atoms with Crippen LogP contribution < -0.4 is 4.74 Å². The number of H-pyrrole nitrogens is 1. The lowest BCUT2D eigenvalue weighted by molar-refractivity contribution is 0.0995. The number of benzene rings is 2. The zero-order valence-corrected chi connectivity index (χ0v) is 16.5. The molecule has 0 saturated carbocycles. The van der Waals surface area contributed by atoms with Crippen molar-refractivity contribution in [1.29, 1.82) is 0 Å². The summed E-state index contributed by atoms with van der Waals surface area (Å²) in [4.78, 5) is 16.5. The monoisotopic (exact) mass is 393 g/mol. The summed E-state index contributed by atoms with van der Waals surface area (Å²) in [5.74, 6) is 0.692. The second kappa shape index (κ2) is 7.47. The van der Waals surface area contributed by atoms with Crippen LogP contribution in [0.2, 0.25) is 0 Å². The van der Waals surface area contributed by atoms with E-state index < -0.39 is 0 Å². The number of rotatable bonds is 6. The van der Waals surface area contributed by atoms with Crippen molar-refractivity contribution in [2.45, 2.75) is 24.3 Å². The maximum Gasteiger partial charge on any atom is 0.214 e. The largest absolute Gasteiger partial charge is 0.494 e. The number of methoxy groups -OCH3 is 1. The predicted molar refractivity (Wildman–Crippen MR) is 108 cm³/mol. The second-order valence-corrected chi connectivity index (χ2v) is 7.65. The number of carbonyl (C=O) groups is 1. The summed E-state index contributed by atoms with van der Waals surface area (Å²) < 4.78 is 7.00. The van der Waals surface area contributed by atoms with E-state index >= 15 is 0 Å². The number of nitrogens with one attached hydrogen (secondary N) is 1. The molecule has 4 rings (SSSR count). The Labute approximate surface area is 166 Å². The first-order valence-corrected chi connectivity index (χ1v) is 9.68. The first kappa shape index (κ1) is 18.2. The van der Waals surface area contributed by atoms with Crippen molar-refractivity contribution in [2.75, 3.05) is 7.11 Å². The topological polar surface area (TPSA) is 85.7 Å². The smallest absolute Gasteiger partial charge is 0.214 e. The normalized spacial score (nSPS) is 12.2. The molecule has 2 heterocycles. The van der Waals surface area contributed by atoms with Crippen LogP contribution in [-0.2, 0) is 0 Å². The number of carbonyl (C=O) groups excluding carboxylic acids is 1. The summed E-state index contributed by atoms with van der Waals surface area (Å²) in [7, 11) is 1.60. The molecule has 0 radical (unpaired) electrons. The van der Waals surface area contributed by atoms with E-state index in [2.05, 4.69) is 20.5 Å². The van der Waals surface area contributed by atoms with Gasteiger partial charge in [-0.05, 0) is 42.5 Å². The Bertz CT molecular complexity index is 1150. The third-order valence-corrected chi connectivity index (χ3v) is 5.58. The molecular weight excluding hydrogens is 374 g/mol. The molecule has 142 valence electrons. The van der Waals surface area contributed by atoms with Gasteiger partial charge < -0.3 is 9.72 Å². The number of ether oxygens (including phenoxy) is 1. The quantitative estimate of drug-likeness (QED) is 0.396. The van der Waals surface area contributed by atoms with Crippen LogP contribution in [0.1, 0.15) is 23.0 Å². The zero-order chi connectivity index (χ0) is 19.7. The Morgan fingerprint density at radius 2 is 1.93 bits per heavy atom. The van der Waals surface area contributed by atoms with Gasteiger partial charge >= 0.3 is 0 Å². The number of tetrazole rings is 1. The zero-order valence-electron chi connectivity index (χ0n) is 15.7. The van der Waals surface area contributed by atoms with Crippen LogP contribution in [0.25, 0.3) is 16.6 Å². The van der Waals surface area contributed by atoms with Crippen LogP contribution in [-0.4, -0.2) is 43.3 Å². The van der Waals surface area contributed by atoms with E-state index in [1.54, 1.807) is 11.8 Å². The van der Waals surface area contributed by atoms with E-state index in [1.165, 1.54) is 11.8 Å². The first-order valence-electron chi connectivity index (χ1n) is 8.80. The van der Waals surface area contributed by atoms with Crippen molar-refractivity contribution < 1.29 is 9.53 Å². The molecule has 0 aliphatic rings. The third kappa shape index (κ3) is 3.16. The van der Waals surface area contributed by atoms with Crippen molar-refractivity contribution in [1.82, 2.24) is 25.2 Å². The molecule has 2 aromatic heterocycles. The highest BCUT2D eigenvalue weighted by Gasteiger charge is 2.25. The van der Waals surface area contributed by atoms with E-state index in [9.17, 15) is 4.79 Å². The maximum absolute atomic E-state index is 13.2. The number of Topliss-reactive ketones (excluding diaryl/α,β-unsaturated/α-hetero) is 1. The van der Waals surface area contributed by atoms with Crippen LogP contribution in [0.15, 0.2) is 53.7 Å². The highest BCUT2D eigenvalue weighted by atomic mass is 32.2. The van der Waals surface area contributed by atoms with Crippen LogP contribution in [0, 0.1) is 6.92 Å². The number of aryl methyl sites for hydroxylation is 1. The van der Waals surface area contributed by atoms with Crippen LogP contribution in [0.4, 0.5) is 0 Å². The molecule has 1 atom stereocenters. The summed E-state index contributed by atoms with van der Waals surface area (Å²) >= 11 is 1.32. The highest BCUT2D eigenvalue weighted by molar-refractivity contribution is 8.00. The molecule has 8 heteroatoms. The lowest BCUT2D eigenvalue weighted by atomic mass is 10.1. The third-order valence-electron chi connectivity index (χ3n) is 4.55. The summed E-state index contributed by atoms with van der Waals surface area (Å²) in [6, 6.07) is 15.3. The van der Waals surface area contributed by atoms with Crippen molar-refractivity contribution >= 4 is 28.4 Å². The average molecular weight is 393 g/mol. The van der Waals surface area contributed by atoms with Gasteiger partial charge in [0.1, 0.15) is 11.4 Å². The van der Waals surface area contributed by atoms with Crippen LogP contribution >= 0.6 is 11.8 Å². The first-order chi connectivity index (χ1) is 13.6. The fourth-order valence-corrected chi connectivity index (χ4v) is 4.08. The van der Waals surface area contributed by atoms with Gasteiger partial charge in [0.15, 0.2) is 5.78 Å². The lowest BCUT2D eigenvalue weighted by Crippen LogP contribution is -2.15. The van der Waals surface area contributed by atoms with Crippen molar-refractivity contribution in [2.24, 2.45) is 0 Å². The van der Waals surface area contributed by atoms with Crippen molar-refractivity contribution in [3.05, 3.63) is 59.8 Å². The fourth-order valence-electron chi connectivity index (χ4n) is 3.22. The minimum atomic E-state index is -0.364. The lowest BCUT2D eigenvalue weighted by Gasteiger charge is -2.12. The molecular formula is C20H19N5O2S. The number of ketones is 1. The van der Waals surface area contributed by atoms with E-state index in [-0.39, 0.29) is 11.0 Å². The number of nitrogens with zero attached hydrogens (tertiary/aromatic N) is 4. The molecule has 7 nitrogen and oxygen atoms in total. The Balaban J connectivity index is 1.65. The van der Waals surface area contributed by atoms with E-state index in [1.807, 2.05) is 62.4 Å². The van der Waals surface area contributed by atoms with Gasteiger partial charge in [0, 0.05) is 22.2 Å². The number of hydrogen-bond acceptors (Lipinski definition) is 6. The molecule has 0 bridgehead atoms. The Kier molecular flexibility index (Phi) is 4.87. The number of aromatic nitrogens is 5. The number of thioether (sulfide) groups is 1. The number of aromatic amines is 1. The van der Waals surface area contributed by atoms with Gasteiger partial charge in [0.25, 0.3) is 0 Å². The number of hydrogen-bond donors (Lipinski definition) is 1. The summed E-state index contributed by atoms with van der Waals surface area (Å²) in [6.07, 6.45) is 0. The Morgan fingerprint density at radius 3 is 2.75 bits per heavy atom. The van der Waals surface area contributed by atoms with Gasteiger partial charge in [-0.1, -0.05) is 42.1 Å². The standard InChI is InChI=1S/C20H19N5O2S/c1-12-18(14-8-4-5-9-15(14)21-12)19(26)13(2)28-20-22-23-24-25(20)16-10-6-7-11-17(16)27-3/h4-11,13,21H,1-3H3/t13-/m1/s1.